The number of ether oxygens (including phenoxy) is 1. The number of nitrogens with zero attached hydrogens (tertiary/aromatic N) is 1. The van der Waals surface area contributed by atoms with Crippen LogP contribution in [0.1, 0.15) is 29.3 Å². The number of carbonyl (C=O) groups is 2. The van der Waals surface area contributed by atoms with Crippen LogP contribution < -0.4 is 9.62 Å². The normalized spacial score (nSPS) is 12.1. The zero-order valence-corrected chi connectivity index (χ0v) is 17.1. The second-order valence-corrected chi connectivity index (χ2v) is 8.20. The van der Waals surface area contributed by atoms with Gasteiger partial charge in [0.2, 0.25) is 15.9 Å². The minimum atomic E-state index is -3.73. The maximum atomic E-state index is 13.0. The van der Waals surface area contributed by atoms with E-state index >= 15 is 0 Å². The van der Waals surface area contributed by atoms with Gasteiger partial charge in [0, 0.05) is 0 Å². The van der Waals surface area contributed by atoms with Crippen molar-refractivity contribution in [2.45, 2.75) is 26.3 Å². The molecule has 0 aromatic heterocycles. The molecular formula is C20H24N2O5S. The van der Waals surface area contributed by atoms with Gasteiger partial charge >= 0.3 is 5.97 Å². The zero-order chi connectivity index (χ0) is 20.9. The molecule has 0 heterocycles. The van der Waals surface area contributed by atoms with Crippen molar-refractivity contribution in [2.75, 3.05) is 23.0 Å². The highest BCUT2D eigenvalue weighted by Gasteiger charge is 2.32. The molecule has 7 nitrogen and oxygen atoms in total. The maximum absolute atomic E-state index is 13.0. The monoisotopic (exact) mass is 404 g/mol. The molecule has 0 radical (unpaired) electrons. The van der Waals surface area contributed by atoms with E-state index in [1.807, 2.05) is 6.92 Å². The Bertz CT molecular complexity index is 955. The van der Waals surface area contributed by atoms with Gasteiger partial charge in [0.25, 0.3) is 0 Å². The maximum Gasteiger partial charge on any atom is 0.339 e. The van der Waals surface area contributed by atoms with Crippen molar-refractivity contribution < 1.29 is 22.7 Å². The molecule has 2 aromatic rings. The first kappa shape index (κ1) is 21.4. The Labute approximate surface area is 165 Å². The lowest BCUT2D eigenvalue weighted by Crippen LogP contribution is -2.47. The number of hydrogen-bond acceptors (Lipinski definition) is 5. The van der Waals surface area contributed by atoms with Gasteiger partial charge in [0.05, 0.1) is 30.3 Å². The number of carbonyl (C=O) groups excluding carboxylic acids is 2. The van der Waals surface area contributed by atoms with Crippen LogP contribution in [0.25, 0.3) is 0 Å². The van der Waals surface area contributed by atoms with Crippen molar-refractivity contribution >= 4 is 33.3 Å². The average Bonchev–Trinajstić information content (AvgIpc) is 2.65. The van der Waals surface area contributed by atoms with E-state index in [1.54, 1.807) is 49.4 Å². The Hall–Kier alpha value is -2.87. The highest BCUT2D eigenvalue weighted by Crippen LogP contribution is 2.24. The third kappa shape index (κ3) is 4.89. The SMILES string of the molecule is CC[C@H](C(=O)Nc1ccccc1C(=O)OC)N(c1ccc(C)cc1)S(C)(=O)=O. The van der Waals surface area contributed by atoms with Gasteiger partial charge in [-0.2, -0.15) is 0 Å². The van der Waals surface area contributed by atoms with Crippen LogP contribution in [0.2, 0.25) is 0 Å². The van der Waals surface area contributed by atoms with Crippen LogP contribution in [-0.4, -0.2) is 39.7 Å². The third-order valence-electron chi connectivity index (χ3n) is 4.21. The predicted octanol–water partition coefficient (Wildman–Crippen LogP) is 2.96. The van der Waals surface area contributed by atoms with Crippen molar-refractivity contribution in [1.82, 2.24) is 0 Å². The van der Waals surface area contributed by atoms with Crippen LogP contribution in [0.3, 0.4) is 0 Å². The molecule has 0 bridgehead atoms. The summed E-state index contributed by atoms with van der Waals surface area (Å²) in [7, 11) is -2.48. The van der Waals surface area contributed by atoms with Crippen molar-refractivity contribution in [3.05, 3.63) is 59.7 Å². The largest absolute Gasteiger partial charge is 0.465 e. The average molecular weight is 404 g/mol. The first-order chi connectivity index (χ1) is 13.2. The van der Waals surface area contributed by atoms with Gasteiger partial charge in [-0.3, -0.25) is 9.10 Å². The summed E-state index contributed by atoms with van der Waals surface area (Å²) in [5.74, 6) is -1.13. The summed E-state index contributed by atoms with van der Waals surface area (Å²) in [4.78, 5) is 24.9. The Morgan fingerprint density at radius 3 is 2.25 bits per heavy atom. The van der Waals surface area contributed by atoms with Crippen LogP contribution in [0.4, 0.5) is 11.4 Å². The van der Waals surface area contributed by atoms with Crippen molar-refractivity contribution in [3.63, 3.8) is 0 Å². The van der Waals surface area contributed by atoms with Gasteiger partial charge in [-0.05, 0) is 37.6 Å². The Balaban J connectivity index is 2.41. The number of anilines is 2. The number of benzene rings is 2. The molecule has 2 aromatic carbocycles. The van der Waals surface area contributed by atoms with E-state index in [0.717, 1.165) is 16.1 Å². The van der Waals surface area contributed by atoms with E-state index < -0.39 is 27.9 Å². The number of sulfonamides is 1. The summed E-state index contributed by atoms with van der Waals surface area (Å²) in [6, 6.07) is 12.3. The molecule has 0 aliphatic heterocycles. The van der Waals surface area contributed by atoms with Crippen molar-refractivity contribution in [1.29, 1.82) is 0 Å². The summed E-state index contributed by atoms with van der Waals surface area (Å²) < 4.78 is 30.8. The molecule has 0 saturated carbocycles. The summed E-state index contributed by atoms with van der Waals surface area (Å²) in [6.45, 7) is 3.62. The van der Waals surface area contributed by atoms with Gasteiger partial charge in [0.1, 0.15) is 6.04 Å². The smallest absolute Gasteiger partial charge is 0.339 e. The number of amides is 1. The quantitative estimate of drug-likeness (QED) is 0.716. The number of aryl methyl sites for hydroxylation is 1. The van der Waals surface area contributed by atoms with Gasteiger partial charge in [0.15, 0.2) is 0 Å². The highest BCUT2D eigenvalue weighted by atomic mass is 32.2. The summed E-state index contributed by atoms with van der Waals surface area (Å²) >= 11 is 0. The number of esters is 1. The van der Waals surface area contributed by atoms with E-state index in [-0.39, 0.29) is 17.7 Å². The molecular weight excluding hydrogens is 380 g/mol. The predicted molar refractivity (Wildman–Crippen MR) is 109 cm³/mol. The second-order valence-electron chi connectivity index (χ2n) is 6.34. The van der Waals surface area contributed by atoms with Crippen LogP contribution in [0, 0.1) is 6.92 Å². The fourth-order valence-corrected chi connectivity index (χ4v) is 4.06. The zero-order valence-electron chi connectivity index (χ0n) is 16.3. The van der Waals surface area contributed by atoms with E-state index in [1.165, 1.54) is 13.2 Å². The van der Waals surface area contributed by atoms with E-state index in [9.17, 15) is 18.0 Å². The number of hydrogen-bond donors (Lipinski definition) is 1. The van der Waals surface area contributed by atoms with Crippen LogP contribution >= 0.6 is 0 Å². The standard InChI is InChI=1S/C20H24N2O5S/c1-5-18(22(28(4,25)26)15-12-10-14(2)11-13-15)19(23)21-17-9-7-6-8-16(17)20(24)27-3/h6-13,18H,5H2,1-4H3,(H,21,23)/t18-/m1/s1. The first-order valence-electron chi connectivity index (χ1n) is 8.73. The fraction of sp³-hybridized carbons (Fsp3) is 0.300. The molecule has 1 atom stereocenters. The fourth-order valence-electron chi connectivity index (χ4n) is 2.85. The molecule has 28 heavy (non-hydrogen) atoms. The summed E-state index contributed by atoms with van der Waals surface area (Å²) in [5.41, 5.74) is 1.82. The van der Waals surface area contributed by atoms with Crippen molar-refractivity contribution in [3.8, 4) is 0 Å². The topological polar surface area (TPSA) is 92.8 Å². The van der Waals surface area contributed by atoms with Crippen LogP contribution in [0.5, 0.6) is 0 Å². The minimum Gasteiger partial charge on any atom is -0.465 e. The van der Waals surface area contributed by atoms with E-state index in [4.69, 9.17) is 4.74 Å². The number of nitrogens with one attached hydrogen (secondary N) is 1. The van der Waals surface area contributed by atoms with Gasteiger partial charge < -0.3 is 10.1 Å². The molecule has 0 fully saturated rings. The van der Waals surface area contributed by atoms with Gasteiger partial charge in [-0.25, -0.2) is 13.2 Å². The highest BCUT2D eigenvalue weighted by molar-refractivity contribution is 7.92. The van der Waals surface area contributed by atoms with Crippen molar-refractivity contribution in [2.24, 2.45) is 0 Å². The lowest BCUT2D eigenvalue weighted by molar-refractivity contribution is -0.117. The lowest BCUT2D eigenvalue weighted by atomic mass is 10.1. The minimum absolute atomic E-state index is 0.189. The third-order valence-corrected chi connectivity index (χ3v) is 5.39. The second kappa shape index (κ2) is 8.88. The van der Waals surface area contributed by atoms with E-state index in [2.05, 4.69) is 5.32 Å². The molecule has 0 saturated heterocycles. The molecule has 2 rings (SSSR count). The number of methoxy groups -OCH3 is 1. The van der Waals surface area contributed by atoms with Crippen LogP contribution in [0.15, 0.2) is 48.5 Å². The number of para-hydroxylation sites is 1. The molecule has 0 spiro atoms. The van der Waals surface area contributed by atoms with Gasteiger partial charge in [-0.15, -0.1) is 0 Å². The molecule has 8 heteroatoms. The molecule has 1 amide bonds. The Morgan fingerprint density at radius 2 is 1.71 bits per heavy atom. The molecule has 1 N–H and O–H groups in total. The molecule has 0 aliphatic rings. The molecule has 0 aliphatic carbocycles. The Morgan fingerprint density at radius 1 is 1.11 bits per heavy atom. The van der Waals surface area contributed by atoms with E-state index in [0.29, 0.717) is 5.69 Å². The van der Waals surface area contributed by atoms with Crippen LogP contribution in [-0.2, 0) is 19.6 Å². The summed E-state index contributed by atoms with van der Waals surface area (Å²) in [6.07, 6.45) is 1.30. The molecule has 150 valence electrons. The first-order valence-corrected chi connectivity index (χ1v) is 10.6. The van der Waals surface area contributed by atoms with Gasteiger partial charge in [-0.1, -0.05) is 36.8 Å². The Kier molecular flexibility index (Phi) is 6.80. The lowest BCUT2D eigenvalue weighted by Gasteiger charge is -2.30. The molecule has 0 unspecified atom stereocenters. The number of rotatable bonds is 7. The summed E-state index contributed by atoms with van der Waals surface area (Å²) in [5, 5.41) is 2.66.